The molecule has 1 aliphatic heterocycles. The zero-order chi connectivity index (χ0) is 23.3. The number of amides is 2. The van der Waals surface area contributed by atoms with Gasteiger partial charge in [-0.3, -0.25) is 9.69 Å². The van der Waals surface area contributed by atoms with Crippen LogP contribution in [0.5, 0.6) is 0 Å². The summed E-state index contributed by atoms with van der Waals surface area (Å²) in [6, 6.07) is 10.3. The van der Waals surface area contributed by atoms with Crippen molar-refractivity contribution in [2.45, 2.75) is 13.0 Å². The molecule has 0 aliphatic carbocycles. The second kappa shape index (κ2) is 10.1. The first kappa shape index (κ1) is 22.9. The molecule has 1 fully saturated rings. The predicted octanol–water partition coefficient (Wildman–Crippen LogP) is 3.40. The minimum atomic E-state index is -0.574. The fraction of sp³-hybridized carbons (Fsp3) is 0.190. The molecule has 2 aromatic carbocycles. The topological polar surface area (TPSA) is 124 Å². The van der Waals surface area contributed by atoms with Gasteiger partial charge >= 0.3 is 6.09 Å². The molecule has 1 saturated heterocycles. The Morgan fingerprint density at radius 1 is 1.28 bits per heavy atom. The summed E-state index contributed by atoms with van der Waals surface area (Å²) >= 11 is 1.23. The maximum atomic E-state index is 14.4. The average molecular weight is 461 g/mol. The molecule has 32 heavy (non-hydrogen) atoms. The van der Waals surface area contributed by atoms with Gasteiger partial charge in [-0.2, -0.15) is 0 Å². The number of rotatable bonds is 4. The number of halogens is 2. The van der Waals surface area contributed by atoms with Crippen LogP contribution in [-0.2, 0) is 9.53 Å². The van der Waals surface area contributed by atoms with Crippen molar-refractivity contribution in [3.63, 3.8) is 0 Å². The number of carbonyl (C=O) groups excluding carboxylic acids is 2. The molecule has 3 aromatic rings. The van der Waals surface area contributed by atoms with E-state index in [9.17, 15) is 18.4 Å². The molecular weight excluding hydrogens is 440 g/mol. The van der Waals surface area contributed by atoms with E-state index in [1.807, 2.05) is 0 Å². The molecule has 1 unspecified atom stereocenters. The van der Waals surface area contributed by atoms with E-state index in [2.05, 4.69) is 10.3 Å². The molecule has 2 heterocycles. The average Bonchev–Trinajstić information content (AvgIpc) is 3.32. The van der Waals surface area contributed by atoms with E-state index in [1.165, 1.54) is 41.4 Å². The quantitative estimate of drug-likeness (QED) is 0.512. The fourth-order valence-electron chi connectivity index (χ4n) is 2.89. The molecule has 4 rings (SSSR count). The largest absolute Gasteiger partial charge is 0.442 e. The van der Waals surface area contributed by atoms with Crippen molar-refractivity contribution in [3.05, 3.63) is 59.5 Å². The van der Waals surface area contributed by atoms with Crippen LogP contribution in [0.3, 0.4) is 0 Å². The van der Waals surface area contributed by atoms with Gasteiger partial charge in [0.25, 0.3) is 0 Å². The highest BCUT2D eigenvalue weighted by Gasteiger charge is 2.32. The Labute approximate surface area is 186 Å². The Bertz CT molecular complexity index is 1110. The maximum Gasteiger partial charge on any atom is 0.414 e. The van der Waals surface area contributed by atoms with Crippen molar-refractivity contribution in [2.75, 3.05) is 29.5 Å². The van der Waals surface area contributed by atoms with Gasteiger partial charge in [-0.15, -0.1) is 11.3 Å². The number of carbonyl (C=O) groups is 2. The van der Waals surface area contributed by atoms with Gasteiger partial charge < -0.3 is 21.5 Å². The number of nitrogen functional groups attached to an aromatic ring is 2. The summed E-state index contributed by atoms with van der Waals surface area (Å²) < 4.78 is 31.6. The molecule has 168 valence electrons. The van der Waals surface area contributed by atoms with Crippen LogP contribution in [0.2, 0.25) is 0 Å². The second-order valence-corrected chi connectivity index (χ2v) is 7.73. The number of hydrogen-bond donors (Lipinski definition) is 3. The molecule has 1 aliphatic rings. The summed E-state index contributed by atoms with van der Waals surface area (Å²) in [7, 11) is 0. The van der Waals surface area contributed by atoms with Crippen LogP contribution in [0.4, 0.5) is 30.1 Å². The highest BCUT2D eigenvalue weighted by atomic mass is 32.1. The first-order valence-electron chi connectivity index (χ1n) is 9.47. The summed E-state index contributed by atoms with van der Waals surface area (Å²) in [4.78, 5) is 28.2. The molecule has 1 atom stereocenters. The third kappa shape index (κ3) is 5.91. The molecule has 0 saturated carbocycles. The number of nitrogens with zero attached hydrogens (tertiary/aromatic N) is 2. The minimum absolute atomic E-state index is 0.206. The molecule has 0 bridgehead atoms. The van der Waals surface area contributed by atoms with E-state index in [-0.39, 0.29) is 24.8 Å². The van der Waals surface area contributed by atoms with E-state index in [4.69, 9.17) is 16.2 Å². The van der Waals surface area contributed by atoms with Gasteiger partial charge in [0, 0.05) is 23.6 Å². The number of anilines is 3. The monoisotopic (exact) mass is 461 g/mol. The van der Waals surface area contributed by atoms with Crippen molar-refractivity contribution in [2.24, 2.45) is 0 Å². The molecule has 0 spiro atoms. The van der Waals surface area contributed by atoms with Crippen LogP contribution in [-0.4, -0.2) is 36.2 Å². The lowest BCUT2D eigenvalue weighted by Crippen LogP contribution is -2.33. The molecule has 2 amide bonds. The second-order valence-electron chi connectivity index (χ2n) is 6.84. The third-order valence-electron chi connectivity index (χ3n) is 4.36. The van der Waals surface area contributed by atoms with E-state index < -0.39 is 18.0 Å². The maximum absolute atomic E-state index is 14.4. The van der Waals surface area contributed by atoms with Gasteiger partial charge in [-0.25, -0.2) is 18.6 Å². The standard InChI is InChI=1S/C15H15FN4O3S.C6H6FN/c1-8(21)18-5-10-6-20(15(22)23-10)9-2-3-11(12(16)4-9)13-7-24-14(17)19-13;7-5-2-1-3-6(8)4-5/h2-4,7,10H,5-6H2,1H3,(H2,17,19)(H,18,21);1-4H,8H2. The summed E-state index contributed by atoms with van der Waals surface area (Å²) in [6.45, 7) is 1.84. The number of ether oxygens (including phenoxy) is 1. The van der Waals surface area contributed by atoms with E-state index in [0.717, 1.165) is 0 Å². The van der Waals surface area contributed by atoms with Crippen LogP contribution in [0, 0.1) is 11.6 Å². The van der Waals surface area contributed by atoms with Gasteiger partial charge in [0.1, 0.15) is 17.7 Å². The lowest BCUT2D eigenvalue weighted by atomic mass is 10.1. The zero-order valence-corrected chi connectivity index (χ0v) is 17.9. The Hall–Kier alpha value is -3.73. The number of cyclic esters (lactones) is 1. The summed E-state index contributed by atoms with van der Waals surface area (Å²) in [5.74, 6) is -0.997. The Morgan fingerprint density at radius 3 is 2.62 bits per heavy atom. The minimum Gasteiger partial charge on any atom is -0.442 e. The summed E-state index contributed by atoms with van der Waals surface area (Å²) in [5.41, 5.74) is 12.4. The number of aromatic nitrogens is 1. The fourth-order valence-corrected chi connectivity index (χ4v) is 3.46. The molecule has 1 aromatic heterocycles. The highest BCUT2D eigenvalue weighted by molar-refractivity contribution is 7.13. The van der Waals surface area contributed by atoms with Crippen LogP contribution < -0.4 is 21.7 Å². The molecule has 5 N–H and O–H groups in total. The van der Waals surface area contributed by atoms with Crippen LogP contribution in [0.1, 0.15) is 6.92 Å². The van der Waals surface area contributed by atoms with Crippen molar-refractivity contribution in [1.82, 2.24) is 10.3 Å². The highest BCUT2D eigenvalue weighted by Crippen LogP contribution is 2.30. The van der Waals surface area contributed by atoms with E-state index in [1.54, 1.807) is 29.6 Å². The van der Waals surface area contributed by atoms with Crippen molar-refractivity contribution in [3.8, 4) is 11.3 Å². The van der Waals surface area contributed by atoms with Gasteiger partial charge in [0.05, 0.1) is 24.5 Å². The Balaban J connectivity index is 0.000000305. The molecule has 8 nitrogen and oxygen atoms in total. The number of hydrogen-bond acceptors (Lipinski definition) is 7. The predicted molar refractivity (Wildman–Crippen MR) is 119 cm³/mol. The van der Waals surface area contributed by atoms with Crippen LogP contribution in [0.15, 0.2) is 47.8 Å². The summed E-state index contributed by atoms with van der Waals surface area (Å²) in [5, 5.41) is 4.61. The molecule has 11 heteroatoms. The van der Waals surface area contributed by atoms with Crippen LogP contribution >= 0.6 is 11.3 Å². The van der Waals surface area contributed by atoms with Gasteiger partial charge in [0.2, 0.25) is 5.91 Å². The van der Waals surface area contributed by atoms with Crippen molar-refractivity contribution >= 4 is 39.8 Å². The first-order chi connectivity index (χ1) is 15.2. The molecular formula is C21H21F2N5O3S. The van der Waals surface area contributed by atoms with Gasteiger partial charge in [-0.1, -0.05) is 6.07 Å². The molecule has 0 radical (unpaired) electrons. The van der Waals surface area contributed by atoms with Crippen molar-refractivity contribution < 1.29 is 23.1 Å². The Morgan fingerprint density at radius 2 is 2.06 bits per heavy atom. The van der Waals surface area contributed by atoms with E-state index in [0.29, 0.717) is 27.8 Å². The van der Waals surface area contributed by atoms with Gasteiger partial charge in [-0.05, 0) is 36.4 Å². The SMILES string of the molecule is CC(=O)NCC1CN(c2ccc(-c3csc(N)n3)c(F)c2)C(=O)O1.Nc1cccc(F)c1. The third-order valence-corrected chi connectivity index (χ3v) is 5.04. The zero-order valence-electron chi connectivity index (χ0n) is 17.0. The number of nitrogens with two attached hydrogens (primary N) is 2. The van der Waals surface area contributed by atoms with E-state index >= 15 is 0 Å². The smallest absolute Gasteiger partial charge is 0.414 e. The normalized spacial score (nSPS) is 15.0. The summed E-state index contributed by atoms with van der Waals surface area (Å²) in [6.07, 6.45) is -1.04. The number of benzene rings is 2. The first-order valence-corrected chi connectivity index (χ1v) is 10.4. The van der Waals surface area contributed by atoms with Crippen LogP contribution in [0.25, 0.3) is 11.3 Å². The Kier molecular flexibility index (Phi) is 7.21. The van der Waals surface area contributed by atoms with Crippen molar-refractivity contribution in [1.29, 1.82) is 0 Å². The number of nitrogens with one attached hydrogen (secondary N) is 1. The lowest BCUT2D eigenvalue weighted by Gasteiger charge is -2.14. The lowest BCUT2D eigenvalue weighted by molar-refractivity contribution is -0.119. The van der Waals surface area contributed by atoms with Gasteiger partial charge in [0.15, 0.2) is 5.13 Å². The number of thiazole rings is 1.